The van der Waals surface area contributed by atoms with Crippen LogP contribution in [-0.4, -0.2) is 48.6 Å². The lowest BCUT2D eigenvalue weighted by atomic mass is 9.96. The van der Waals surface area contributed by atoms with E-state index in [1.165, 1.54) is 17.3 Å². The lowest BCUT2D eigenvalue weighted by molar-refractivity contribution is -0.149. The number of para-hydroxylation sites is 1. The van der Waals surface area contributed by atoms with E-state index in [0.29, 0.717) is 11.8 Å². The minimum Gasteiger partial charge on any atom is -0.466 e. The molecule has 0 amide bonds. The third kappa shape index (κ3) is 6.89. The highest BCUT2D eigenvalue weighted by Gasteiger charge is 2.25. The lowest BCUT2D eigenvalue weighted by Gasteiger charge is -2.30. The summed E-state index contributed by atoms with van der Waals surface area (Å²) in [6, 6.07) is 18.0. The van der Waals surface area contributed by atoms with Crippen LogP contribution in [0.2, 0.25) is 0 Å². The summed E-state index contributed by atoms with van der Waals surface area (Å²) in [5, 5.41) is 0.624. The minimum atomic E-state index is -0.0341. The van der Waals surface area contributed by atoms with Crippen molar-refractivity contribution in [2.24, 2.45) is 10.9 Å². The Hall–Kier alpha value is -2.31. The molecule has 1 aliphatic heterocycles. The fraction of sp³-hybridized carbons (Fsp3) is 0.417. The highest BCUT2D eigenvalue weighted by Crippen LogP contribution is 2.21. The number of aliphatic imine (C=N–C) groups is 1. The highest BCUT2D eigenvalue weighted by atomic mass is 32.2. The summed E-state index contributed by atoms with van der Waals surface area (Å²) in [7, 11) is 0. The third-order valence-electron chi connectivity index (χ3n) is 5.20. The SMILES string of the molecule is CCOC(=O)C1CCN(CCc2ccc(OC(=Nc3ccccc3)SC)cc2)CC1. The summed E-state index contributed by atoms with van der Waals surface area (Å²) in [5.41, 5.74) is 2.16. The van der Waals surface area contributed by atoms with Gasteiger partial charge in [-0.05, 0) is 75.4 Å². The maximum Gasteiger partial charge on any atom is 0.309 e. The van der Waals surface area contributed by atoms with E-state index in [9.17, 15) is 4.79 Å². The number of piperidine rings is 1. The number of thioether (sulfide) groups is 1. The Morgan fingerprint density at radius 2 is 1.80 bits per heavy atom. The number of hydrogen-bond acceptors (Lipinski definition) is 6. The molecule has 2 aromatic carbocycles. The van der Waals surface area contributed by atoms with Gasteiger partial charge in [-0.2, -0.15) is 0 Å². The third-order valence-corrected chi connectivity index (χ3v) is 5.73. The number of esters is 1. The topological polar surface area (TPSA) is 51.1 Å². The maximum atomic E-state index is 11.9. The molecule has 1 saturated heterocycles. The number of carbonyl (C=O) groups is 1. The van der Waals surface area contributed by atoms with Crippen molar-refractivity contribution in [1.29, 1.82) is 0 Å². The summed E-state index contributed by atoms with van der Waals surface area (Å²) in [5.74, 6) is 0.826. The highest BCUT2D eigenvalue weighted by molar-refractivity contribution is 8.13. The summed E-state index contributed by atoms with van der Waals surface area (Å²) in [6.07, 6.45) is 4.73. The number of ether oxygens (including phenoxy) is 2. The standard InChI is InChI=1S/C24H30N2O3S/c1-3-28-23(27)20-14-17-26(18-15-20)16-13-19-9-11-22(12-10-19)29-24(30-2)25-21-7-5-4-6-8-21/h4-12,20H,3,13-18H2,1-2H3. The first kappa shape index (κ1) is 22.4. The molecule has 0 radical (unpaired) electrons. The average Bonchev–Trinajstić information content (AvgIpc) is 2.79. The second-order valence-electron chi connectivity index (χ2n) is 7.28. The van der Waals surface area contributed by atoms with Crippen LogP contribution in [0.3, 0.4) is 0 Å². The molecule has 0 bridgehead atoms. The number of likely N-dealkylation sites (tertiary alicyclic amines) is 1. The van der Waals surface area contributed by atoms with Crippen molar-refractivity contribution in [2.75, 3.05) is 32.5 Å². The smallest absolute Gasteiger partial charge is 0.309 e. The van der Waals surface area contributed by atoms with Crippen molar-refractivity contribution in [1.82, 2.24) is 4.90 Å². The second-order valence-corrected chi connectivity index (χ2v) is 8.04. The maximum absolute atomic E-state index is 11.9. The number of nitrogens with zero attached hydrogens (tertiary/aromatic N) is 2. The average molecular weight is 427 g/mol. The van der Waals surface area contributed by atoms with Crippen LogP contribution < -0.4 is 4.74 Å². The van der Waals surface area contributed by atoms with Gasteiger partial charge in [0.1, 0.15) is 5.75 Å². The van der Waals surface area contributed by atoms with Gasteiger partial charge in [0, 0.05) is 6.54 Å². The Morgan fingerprint density at radius 3 is 2.43 bits per heavy atom. The number of hydrogen-bond donors (Lipinski definition) is 0. The first-order valence-electron chi connectivity index (χ1n) is 10.5. The van der Waals surface area contributed by atoms with Gasteiger partial charge in [0.25, 0.3) is 5.23 Å². The molecule has 0 aromatic heterocycles. The molecule has 2 aromatic rings. The molecule has 0 spiro atoms. The fourth-order valence-electron chi connectivity index (χ4n) is 3.48. The molecule has 5 nitrogen and oxygen atoms in total. The predicted molar refractivity (Wildman–Crippen MR) is 124 cm³/mol. The van der Waals surface area contributed by atoms with Gasteiger partial charge in [-0.15, -0.1) is 0 Å². The molecule has 1 fully saturated rings. The Bertz CT molecular complexity index is 816. The molecular weight excluding hydrogens is 396 g/mol. The molecule has 0 atom stereocenters. The monoisotopic (exact) mass is 426 g/mol. The second kappa shape index (κ2) is 11.8. The van der Waals surface area contributed by atoms with Gasteiger partial charge in [-0.3, -0.25) is 4.79 Å². The van der Waals surface area contributed by atoms with E-state index in [0.717, 1.165) is 50.3 Å². The molecule has 0 aliphatic carbocycles. The Morgan fingerprint density at radius 1 is 1.10 bits per heavy atom. The van der Waals surface area contributed by atoms with Crippen LogP contribution in [-0.2, 0) is 16.0 Å². The number of rotatable bonds is 7. The van der Waals surface area contributed by atoms with E-state index in [-0.39, 0.29) is 11.9 Å². The van der Waals surface area contributed by atoms with Gasteiger partial charge in [-0.25, -0.2) is 4.99 Å². The lowest BCUT2D eigenvalue weighted by Crippen LogP contribution is -2.38. The summed E-state index contributed by atoms with van der Waals surface area (Å²) >= 11 is 1.49. The molecule has 160 valence electrons. The van der Waals surface area contributed by atoms with Crippen molar-refractivity contribution in [2.45, 2.75) is 26.2 Å². The van der Waals surface area contributed by atoms with E-state index in [1.54, 1.807) is 0 Å². The first-order chi connectivity index (χ1) is 14.7. The zero-order valence-corrected chi connectivity index (χ0v) is 18.6. The summed E-state index contributed by atoms with van der Waals surface area (Å²) in [6.45, 7) is 5.24. The van der Waals surface area contributed by atoms with Crippen LogP contribution in [0.4, 0.5) is 5.69 Å². The van der Waals surface area contributed by atoms with Gasteiger partial charge < -0.3 is 14.4 Å². The molecule has 30 heavy (non-hydrogen) atoms. The van der Waals surface area contributed by atoms with Crippen LogP contribution in [0.25, 0.3) is 0 Å². The van der Waals surface area contributed by atoms with Gasteiger partial charge >= 0.3 is 5.97 Å². The van der Waals surface area contributed by atoms with Gasteiger partial charge in [-0.1, -0.05) is 42.1 Å². The fourth-order valence-corrected chi connectivity index (χ4v) is 3.86. The van der Waals surface area contributed by atoms with Crippen molar-refractivity contribution in [3.05, 3.63) is 60.2 Å². The van der Waals surface area contributed by atoms with Crippen molar-refractivity contribution >= 4 is 28.6 Å². The van der Waals surface area contributed by atoms with E-state index < -0.39 is 0 Å². The van der Waals surface area contributed by atoms with E-state index in [1.807, 2.05) is 55.6 Å². The molecule has 3 rings (SSSR count). The molecule has 0 N–H and O–H groups in total. The first-order valence-corrected chi connectivity index (χ1v) is 11.7. The zero-order chi connectivity index (χ0) is 21.2. The van der Waals surface area contributed by atoms with Crippen LogP contribution in [0.5, 0.6) is 5.75 Å². The van der Waals surface area contributed by atoms with Gasteiger partial charge in [0.05, 0.1) is 18.2 Å². The van der Waals surface area contributed by atoms with E-state index in [4.69, 9.17) is 9.47 Å². The molecule has 6 heteroatoms. The van der Waals surface area contributed by atoms with Gasteiger partial charge in [0.15, 0.2) is 0 Å². The van der Waals surface area contributed by atoms with E-state index >= 15 is 0 Å². The molecule has 1 heterocycles. The number of carbonyl (C=O) groups excluding carboxylic acids is 1. The predicted octanol–water partition coefficient (Wildman–Crippen LogP) is 4.93. The quantitative estimate of drug-likeness (QED) is 0.357. The summed E-state index contributed by atoms with van der Waals surface area (Å²) in [4.78, 5) is 18.8. The van der Waals surface area contributed by atoms with Crippen LogP contribution in [0.1, 0.15) is 25.3 Å². The Balaban J connectivity index is 1.46. The summed E-state index contributed by atoms with van der Waals surface area (Å²) < 4.78 is 11.1. The normalized spacial score (nSPS) is 15.7. The van der Waals surface area contributed by atoms with Crippen molar-refractivity contribution in [3.63, 3.8) is 0 Å². The van der Waals surface area contributed by atoms with Crippen LogP contribution in [0.15, 0.2) is 59.6 Å². The minimum absolute atomic E-state index is 0.0341. The zero-order valence-electron chi connectivity index (χ0n) is 17.8. The molecule has 0 saturated carbocycles. The molecular formula is C24H30N2O3S. The van der Waals surface area contributed by atoms with Crippen molar-refractivity contribution in [3.8, 4) is 5.75 Å². The van der Waals surface area contributed by atoms with E-state index in [2.05, 4.69) is 22.0 Å². The van der Waals surface area contributed by atoms with Gasteiger partial charge in [0.2, 0.25) is 0 Å². The van der Waals surface area contributed by atoms with Crippen molar-refractivity contribution < 1.29 is 14.3 Å². The Kier molecular flexibility index (Phi) is 8.78. The molecule has 0 unspecified atom stereocenters. The largest absolute Gasteiger partial charge is 0.466 e. The molecule has 1 aliphatic rings. The van der Waals surface area contributed by atoms with Crippen LogP contribution >= 0.6 is 11.8 Å². The number of benzene rings is 2. The Labute approximate surface area is 183 Å². The van der Waals surface area contributed by atoms with Crippen LogP contribution in [0, 0.1) is 5.92 Å².